The van der Waals surface area contributed by atoms with Gasteiger partial charge in [-0.3, -0.25) is 0 Å². The van der Waals surface area contributed by atoms with Crippen LogP contribution in [0.15, 0.2) is 0 Å². The normalized spacial score (nSPS) is 29.4. The maximum Gasteiger partial charge on any atom is 0.410 e. The quantitative estimate of drug-likeness (QED) is 0.721. The molecule has 0 bridgehead atoms. The van der Waals surface area contributed by atoms with E-state index in [4.69, 9.17) is 4.74 Å². The van der Waals surface area contributed by atoms with Crippen molar-refractivity contribution in [3.05, 3.63) is 0 Å². The zero-order chi connectivity index (χ0) is 13.2. The molecule has 0 saturated carbocycles. The van der Waals surface area contributed by atoms with Crippen LogP contribution in [-0.4, -0.2) is 42.3 Å². The lowest BCUT2D eigenvalue weighted by molar-refractivity contribution is 0.0255. The van der Waals surface area contributed by atoms with Gasteiger partial charge in [0.1, 0.15) is 5.60 Å². The van der Waals surface area contributed by atoms with Crippen LogP contribution in [0.1, 0.15) is 46.5 Å². The fraction of sp³-hybridized carbons (Fsp3) is 0.929. The van der Waals surface area contributed by atoms with E-state index < -0.39 is 5.60 Å². The number of nitrogens with zero attached hydrogens (tertiary/aromatic N) is 1. The Hall–Kier alpha value is -0.770. The molecule has 2 rings (SSSR count). The second-order valence-corrected chi connectivity index (χ2v) is 6.51. The first-order valence-electron chi connectivity index (χ1n) is 7.17. The van der Waals surface area contributed by atoms with Gasteiger partial charge in [-0.1, -0.05) is 0 Å². The fourth-order valence-corrected chi connectivity index (χ4v) is 2.94. The maximum atomic E-state index is 12.1. The predicted octanol–water partition coefficient (Wildman–Crippen LogP) is 2.39. The van der Waals surface area contributed by atoms with Crippen LogP contribution in [0, 0.1) is 5.92 Å². The van der Waals surface area contributed by atoms with Gasteiger partial charge in [0.05, 0.1) is 0 Å². The number of ether oxygens (including phenoxy) is 1. The van der Waals surface area contributed by atoms with E-state index in [0.29, 0.717) is 6.04 Å². The molecule has 2 aliphatic heterocycles. The summed E-state index contributed by atoms with van der Waals surface area (Å²) >= 11 is 0. The zero-order valence-electron chi connectivity index (χ0n) is 11.9. The van der Waals surface area contributed by atoms with Gasteiger partial charge in [-0.2, -0.15) is 0 Å². The number of likely N-dealkylation sites (tertiary alicyclic amines) is 1. The number of rotatable bonds is 0. The number of nitrogens with one attached hydrogen (secondary N) is 1. The molecule has 1 amide bonds. The molecule has 4 heteroatoms. The molecule has 0 aromatic rings. The van der Waals surface area contributed by atoms with E-state index in [0.717, 1.165) is 38.4 Å². The van der Waals surface area contributed by atoms with Crippen molar-refractivity contribution in [1.29, 1.82) is 0 Å². The minimum Gasteiger partial charge on any atom is -0.444 e. The Morgan fingerprint density at radius 1 is 1.22 bits per heavy atom. The van der Waals surface area contributed by atoms with Gasteiger partial charge >= 0.3 is 6.09 Å². The number of carbonyl (C=O) groups excluding carboxylic acids is 1. The molecule has 104 valence electrons. The molecule has 2 unspecified atom stereocenters. The monoisotopic (exact) mass is 254 g/mol. The van der Waals surface area contributed by atoms with Gasteiger partial charge in [0.2, 0.25) is 0 Å². The van der Waals surface area contributed by atoms with E-state index in [1.807, 2.05) is 25.7 Å². The molecule has 0 spiro atoms. The molecule has 0 aromatic carbocycles. The topological polar surface area (TPSA) is 41.6 Å². The summed E-state index contributed by atoms with van der Waals surface area (Å²) in [7, 11) is 0. The average molecular weight is 254 g/mol. The van der Waals surface area contributed by atoms with Gasteiger partial charge in [0.15, 0.2) is 0 Å². The Bertz CT molecular complexity index is 283. The van der Waals surface area contributed by atoms with Crippen molar-refractivity contribution in [2.75, 3.05) is 19.6 Å². The van der Waals surface area contributed by atoms with Crippen LogP contribution in [0.2, 0.25) is 0 Å². The van der Waals surface area contributed by atoms with Gasteiger partial charge < -0.3 is 15.0 Å². The summed E-state index contributed by atoms with van der Waals surface area (Å²) in [5.41, 5.74) is -0.394. The van der Waals surface area contributed by atoms with Crippen LogP contribution in [-0.2, 0) is 4.74 Å². The molecule has 0 radical (unpaired) electrons. The molecule has 0 aliphatic carbocycles. The lowest BCUT2D eigenvalue weighted by Gasteiger charge is -2.30. The Morgan fingerprint density at radius 3 is 2.67 bits per heavy atom. The molecule has 2 fully saturated rings. The minimum atomic E-state index is -0.394. The highest BCUT2D eigenvalue weighted by Crippen LogP contribution is 2.26. The standard InChI is InChI=1S/C14H26N2O2/c1-14(2,3)18-13(17)16-9-6-11-5-4-8-15-12(11)7-10-16/h11-12,15H,4-10H2,1-3H3. The number of amides is 1. The molecule has 2 saturated heterocycles. The van der Waals surface area contributed by atoms with Gasteiger partial charge in [-0.25, -0.2) is 4.79 Å². The summed E-state index contributed by atoms with van der Waals surface area (Å²) in [6, 6.07) is 0.603. The lowest BCUT2D eigenvalue weighted by atomic mass is 9.87. The molecule has 18 heavy (non-hydrogen) atoms. The second kappa shape index (κ2) is 5.47. The van der Waals surface area contributed by atoms with E-state index >= 15 is 0 Å². The lowest BCUT2D eigenvalue weighted by Crippen LogP contribution is -2.41. The molecule has 1 N–H and O–H groups in total. The van der Waals surface area contributed by atoms with E-state index in [2.05, 4.69) is 5.32 Å². The smallest absolute Gasteiger partial charge is 0.410 e. The molecule has 0 aromatic heterocycles. The summed E-state index contributed by atoms with van der Waals surface area (Å²) < 4.78 is 5.45. The number of hydrogen-bond acceptors (Lipinski definition) is 3. The van der Waals surface area contributed by atoms with Crippen LogP contribution in [0.3, 0.4) is 0 Å². The number of piperidine rings is 1. The number of fused-ring (bicyclic) bond motifs is 1. The Labute approximate surface area is 110 Å². The van der Waals surface area contributed by atoms with E-state index in [9.17, 15) is 4.79 Å². The van der Waals surface area contributed by atoms with Crippen LogP contribution >= 0.6 is 0 Å². The van der Waals surface area contributed by atoms with Crippen LogP contribution in [0.25, 0.3) is 0 Å². The van der Waals surface area contributed by atoms with Crippen LogP contribution in [0.4, 0.5) is 4.79 Å². The highest BCUT2D eigenvalue weighted by atomic mass is 16.6. The molecular weight excluding hydrogens is 228 g/mol. The van der Waals surface area contributed by atoms with Gasteiger partial charge in [-0.05, 0) is 58.9 Å². The Balaban J connectivity index is 1.90. The largest absolute Gasteiger partial charge is 0.444 e. The maximum absolute atomic E-state index is 12.1. The predicted molar refractivity (Wildman–Crippen MR) is 71.6 cm³/mol. The number of hydrogen-bond donors (Lipinski definition) is 1. The SMILES string of the molecule is CC(C)(C)OC(=O)N1CCC2CCCNC2CC1. The Morgan fingerprint density at radius 2 is 1.94 bits per heavy atom. The molecule has 2 heterocycles. The Kier molecular flexibility index (Phi) is 4.15. The van der Waals surface area contributed by atoms with Gasteiger partial charge in [-0.15, -0.1) is 0 Å². The third kappa shape index (κ3) is 3.61. The van der Waals surface area contributed by atoms with Crippen molar-refractivity contribution in [3.8, 4) is 0 Å². The molecule has 2 atom stereocenters. The highest BCUT2D eigenvalue weighted by Gasteiger charge is 2.31. The third-order valence-electron chi connectivity index (χ3n) is 3.86. The molecular formula is C14H26N2O2. The summed E-state index contributed by atoms with van der Waals surface area (Å²) in [6.07, 6.45) is 4.59. The second-order valence-electron chi connectivity index (χ2n) is 6.51. The van der Waals surface area contributed by atoms with Gasteiger partial charge in [0, 0.05) is 19.1 Å². The molecule has 4 nitrogen and oxygen atoms in total. The third-order valence-corrected chi connectivity index (χ3v) is 3.86. The van der Waals surface area contributed by atoms with Crippen molar-refractivity contribution in [3.63, 3.8) is 0 Å². The summed E-state index contributed by atoms with van der Waals surface area (Å²) in [5.74, 6) is 0.742. The highest BCUT2D eigenvalue weighted by molar-refractivity contribution is 5.68. The van der Waals surface area contributed by atoms with Crippen molar-refractivity contribution in [2.24, 2.45) is 5.92 Å². The van der Waals surface area contributed by atoms with Crippen molar-refractivity contribution >= 4 is 6.09 Å². The fourth-order valence-electron chi connectivity index (χ4n) is 2.94. The van der Waals surface area contributed by atoms with Crippen molar-refractivity contribution < 1.29 is 9.53 Å². The summed E-state index contributed by atoms with van der Waals surface area (Å²) in [4.78, 5) is 13.9. The molecule has 2 aliphatic rings. The summed E-state index contributed by atoms with van der Waals surface area (Å²) in [5, 5.41) is 3.59. The van der Waals surface area contributed by atoms with E-state index in [-0.39, 0.29) is 6.09 Å². The number of carbonyl (C=O) groups is 1. The zero-order valence-corrected chi connectivity index (χ0v) is 11.9. The first kappa shape index (κ1) is 13.7. The van der Waals surface area contributed by atoms with Crippen LogP contribution < -0.4 is 5.32 Å². The van der Waals surface area contributed by atoms with E-state index in [1.54, 1.807) is 0 Å². The van der Waals surface area contributed by atoms with Crippen LogP contribution in [0.5, 0.6) is 0 Å². The van der Waals surface area contributed by atoms with Crippen molar-refractivity contribution in [1.82, 2.24) is 10.2 Å². The van der Waals surface area contributed by atoms with Gasteiger partial charge in [0.25, 0.3) is 0 Å². The first-order chi connectivity index (χ1) is 8.46. The summed E-state index contributed by atoms with van der Waals surface area (Å²) in [6.45, 7) is 8.56. The first-order valence-corrected chi connectivity index (χ1v) is 7.17. The van der Waals surface area contributed by atoms with Crippen molar-refractivity contribution in [2.45, 2.75) is 58.1 Å². The van der Waals surface area contributed by atoms with E-state index in [1.165, 1.54) is 12.8 Å². The average Bonchev–Trinajstić information content (AvgIpc) is 2.49. The minimum absolute atomic E-state index is 0.152.